The Morgan fingerprint density at radius 3 is 2.42 bits per heavy atom. The highest BCUT2D eigenvalue weighted by atomic mass is 32.2. The van der Waals surface area contributed by atoms with Gasteiger partial charge in [0.15, 0.2) is 10.8 Å². The topological polar surface area (TPSA) is 120 Å². The molecule has 0 spiro atoms. The van der Waals surface area contributed by atoms with Gasteiger partial charge in [-0.2, -0.15) is 14.4 Å². The molecule has 2 aliphatic heterocycles. The molecule has 0 aromatic heterocycles. The number of sulfonamides is 1. The van der Waals surface area contributed by atoms with Crippen molar-refractivity contribution in [1.82, 2.24) is 14.7 Å². The van der Waals surface area contributed by atoms with E-state index in [9.17, 15) is 13.2 Å². The fraction of sp³-hybridized carbons (Fsp3) is 0.267. The number of nitrogens with two attached hydrogens (primary N) is 1. The van der Waals surface area contributed by atoms with Crippen molar-refractivity contribution in [2.75, 3.05) is 18.5 Å². The van der Waals surface area contributed by atoms with Crippen molar-refractivity contribution in [3.05, 3.63) is 36.5 Å². The molecule has 1 aromatic rings. The summed E-state index contributed by atoms with van der Waals surface area (Å²) in [7, 11) is -3.46. The smallest absolute Gasteiger partial charge is 0.301 e. The maximum atomic E-state index is 12.5. The third-order valence-corrected chi connectivity index (χ3v) is 6.11. The second kappa shape index (κ2) is 7.02. The molecule has 3 rings (SSSR count). The van der Waals surface area contributed by atoms with E-state index in [2.05, 4.69) is 22.5 Å². The van der Waals surface area contributed by atoms with Gasteiger partial charge in [0.1, 0.15) is 0 Å². The second-order valence-corrected chi connectivity index (χ2v) is 8.13. The SMILES string of the molecule is C=C1NN(C(N)=S)C(=O)C1=NNc1ccc(S(=O)(=O)N2CCCC2)cc1. The minimum absolute atomic E-state index is 0.0339. The van der Waals surface area contributed by atoms with E-state index < -0.39 is 15.9 Å². The van der Waals surface area contributed by atoms with Crippen LogP contribution in [0.4, 0.5) is 5.69 Å². The molecule has 0 aliphatic carbocycles. The van der Waals surface area contributed by atoms with Crippen LogP contribution in [0.5, 0.6) is 0 Å². The van der Waals surface area contributed by atoms with Crippen LogP contribution in [0.3, 0.4) is 0 Å². The molecule has 138 valence electrons. The van der Waals surface area contributed by atoms with Gasteiger partial charge in [0.05, 0.1) is 16.3 Å². The Balaban J connectivity index is 1.73. The Kier molecular flexibility index (Phi) is 4.94. The first kappa shape index (κ1) is 18.3. The Bertz CT molecular complexity index is 888. The van der Waals surface area contributed by atoms with Gasteiger partial charge >= 0.3 is 5.91 Å². The zero-order valence-corrected chi connectivity index (χ0v) is 15.4. The van der Waals surface area contributed by atoms with E-state index in [1.54, 1.807) is 12.1 Å². The summed E-state index contributed by atoms with van der Waals surface area (Å²) < 4.78 is 26.4. The summed E-state index contributed by atoms with van der Waals surface area (Å²) in [6.45, 7) is 4.77. The number of benzene rings is 1. The monoisotopic (exact) mass is 394 g/mol. The fourth-order valence-electron chi connectivity index (χ4n) is 2.64. The third kappa shape index (κ3) is 3.41. The number of nitrogens with zero attached hydrogens (tertiary/aromatic N) is 3. The number of hydrogen-bond acceptors (Lipinski definition) is 7. The predicted octanol–water partition coefficient (Wildman–Crippen LogP) is 0.343. The molecule has 0 atom stereocenters. The predicted molar refractivity (Wildman–Crippen MR) is 101 cm³/mol. The molecule has 0 bridgehead atoms. The van der Waals surface area contributed by atoms with Crippen LogP contribution in [0.25, 0.3) is 0 Å². The van der Waals surface area contributed by atoms with E-state index >= 15 is 0 Å². The molecular weight excluding hydrogens is 376 g/mol. The fourth-order valence-corrected chi connectivity index (χ4v) is 4.29. The van der Waals surface area contributed by atoms with Crippen LogP contribution in [-0.4, -0.2) is 47.6 Å². The van der Waals surface area contributed by atoms with E-state index in [0.29, 0.717) is 18.8 Å². The molecule has 1 amide bonds. The molecule has 9 nitrogen and oxygen atoms in total. The molecule has 11 heteroatoms. The van der Waals surface area contributed by atoms with Gasteiger partial charge in [-0.3, -0.25) is 15.6 Å². The van der Waals surface area contributed by atoms with Crippen molar-refractivity contribution < 1.29 is 13.2 Å². The number of carbonyl (C=O) groups is 1. The van der Waals surface area contributed by atoms with Crippen molar-refractivity contribution in [1.29, 1.82) is 0 Å². The summed E-state index contributed by atoms with van der Waals surface area (Å²) in [4.78, 5) is 12.3. The molecule has 2 saturated heterocycles. The average molecular weight is 394 g/mol. The summed E-state index contributed by atoms with van der Waals surface area (Å²) in [6, 6.07) is 6.16. The van der Waals surface area contributed by atoms with Crippen LogP contribution in [0.15, 0.2) is 46.5 Å². The molecular formula is C15H18N6O3S2. The Morgan fingerprint density at radius 1 is 1.27 bits per heavy atom. The van der Waals surface area contributed by atoms with Gasteiger partial charge in [0, 0.05) is 13.1 Å². The number of hydrazone groups is 1. The third-order valence-electron chi connectivity index (χ3n) is 4.01. The molecule has 0 radical (unpaired) electrons. The van der Waals surface area contributed by atoms with Crippen LogP contribution in [0.2, 0.25) is 0 Å². The Morgan fingerprint density at radius 2 is 1.88 bits per heavy atom. The number of carbonyl (C=O) groups excluding carboxylic acids is 1. The number of hydrogen-bond donors (Lipinski definition) is 3. The maximum Gasteiger partial charge on any atom is 0.301 e. The lowest BCUT2D eigenvalue weighted by molar-refractivity contribution is -0.120. The lowest BCUT2D eigenvalue weighted by atomic mass is 10.3. The number of amides is 1. The highest BCUT2D eigenvalue weighted by molar-refractivity contribution is 7.89. The van der Waals surface area contributed by atoms with E-state index in [0.717, 1.165) is 17.9 Å². The normalized spacial score (nSPS) is 19.8. The van der Waals surface area contributed by atoms with Crippen molar-refractivity contribution >= 4 is 44.7 Å². The van der Waals surface area contributed by atoms with Crippen LogP contribution in [0, 0.1) is 0 Å². The number of hydrazine groups is 1. The van der Waals surface area contributed by atoms with Gasteiger partial charge in [-0.15, -0.1) is 0 Å². The molecule has 4 N–H and O–H groups in total. The lowest BCUT2D eigenvalue weighted by Crippen LogP contribution is -2.43. The first-order valence-electron chi connectivity index (χ1n) is 7.84. The van der Waals surface area contributed by atoms with E-state index in [-0.39, 0.29) is 21.4 Å². The molecule has 1 aromatic carbocycles. The van der Waals surface area contributed by atoms with Crippen molar-refractivity contribution in [2.24, 2.45) is 10.8 Å². The van der Waals surface area contributed by atoms with Gasteiger partial charge in [0.25, 0.3) is 0 Å². The molecule has 2 fully saturated rings. The second-order valence-electron chi connectivity index (χ2n) is 5.78. The zero-order chi connectivity index (χ0) is 18.9. The quantitative estimate of drug-likeness (QED) is 0.498. The summed E-state index contributed by atoms with van der Waals surface area (Å²) >= 11 is 4.75. The first-order valence-corrected chi connectivity index (χ1v) is 9.69. The first-order chi connectivity index (χ1) is 12.3. The van der Waals surface area contributed by atoms with Gasteiger partial charge in [-0.1, -0.05) is 6.58 Å². The summed E-state index contributed by atoms with van der Waals surface area (Å²) in [5.74, 6) is -0.525. The standard InChI is InChI=1S/C15H18N6O3S2/c1-10-13(14(22)21(19-10)15(16)25)18-17-11-4-6-12(7-5-11)26(23,24)20-8-2-3-9-20/h4-7,17,19H,1-3,8-9H2,(H2,16,25). The summed E-state index contributed by atoms with van der Waals surface area (Å²) in [5.41, 5.74) is 11.6. The van der Waals surface area contributed by atoms with Crippen molar-refractivity contribution in [3.8, 4) is 0 Å². The van der Waals surface area contributed by atoms with Gasteiger partial charge in [0.2, 0.25) is 10.0 Å². The molecule has 2 heterocycles. The number of anilines is 1. The lowest BCUT2D eigenvalue weighted by Gasteiger charge is -2.15. The number of nitrogens with one attached hydrogen (secondary N) is 2. The van der Waals surface area contributed by atoms with E-state index in [1.165, 1.54) is 16.4 Å². The van der Waals surface area contributed by atoms with Crippen LogP contribution in [0.1, 0.15) is 12.8 Å². The van der Waals surface area contributed by atoms with Crippen molar-refractivity contribution in [3.63, 3.8) is 0 Å². The molecule has 0 saturated carbocycles. The van der Waals surface area contributed by atoms with E-state index in [1.807, 2.05) is 0 Å². The number of thiocarbonyl (C=S) groups is 1. The molecule has 0 unspecified atom stereocenters. The van der Waals surface area contributed by atoms with Crippen molar-refractivity contribution in [2.45, 2.75) is 17.7 Å². The zero-order valence-electron chi connectivity index (χ0n) is 13.8. The minimum Gasteiger partial charge on any atom is -0.374 e. The van der Waals surface area contributed by atoms with Gasteiger partial charge in [-0.25, -0.2) is 8.42 Å². The molecule has 26 heavy (non-hydrogen) atoms. The van der Waals surface area contributed by atoms with Crippen LogP contribution < -0.4 is 16.6 Å². The summed E-state index contributed by atoms with van der Waals surface area (Å²) in [5, 5.41) is 4.82. The largest absolute Gasteiger partial charge is 0.374 e. The molecule has 2 aliphatic rings. The van der Waals surface area contributed by atoms with Gasteiger partial charge in [-0.05, 0) is 49.3 Å². The maximum absolute atomic E-state index is 12.5. The van der Waals surface area contributed by atoms with Crippen LogP contribution >= 0.6 is 12.2 Å². The minimum atomic E-state index is -3.46. The van der Waals surface area contributed by atoms with Crippen LogP contribution in [-0.2, 0) is 14.8 Å². The average Bonchev–Trinajstić information content (AvgIpc) is 3.23. The van der Waals surface area contributed by atoms with E-state index in [4.69, 9.17) is 18.0 Å². The van der Waals surface area contributed by atoms with Gasteiger partial charge < -0.3 is 5.73 Å². The highest BCUT2D eigenvalue weighted by Gasteiger charge is 2.33. The Labute approximate surface area is 156 Å². The Hall–Kier alpha value is -2.50. The summed E-state index contributed by atoms with van der Waals surface area (Å²) in [6.07, 6.45) is 1.76. The number of rotatable bonds is 4. The highest BCUT2D eigenvalue weighted by Crippen LogP contribution is 2.22.